The Morgan fingerprint density at radius 3 is 2.43 bits per heavy atom. The van der Waals surface area contributed by atoms with Gasteiger partial charge in [0.05, 0.1) is 29.7 Å². The number of ether oxygens (including phenoxy) is 1. The van der Waals surface area contributed by atoms with Gasteiger partial charge in [-0.15, -0.1) is 0 Å². The van der Waals surface area contributed by atoms with Crippen LogP contribution in [0, 0.1) is 12.3 Å². The maximum atomic E-state index is 13.1. The Kier molecular flexibility index (Phi) is 5.55. The first-order valence-electron chi connectivity index (χ1n) is 8.83. The highest BCUT2D eigenvalue weighted by molar-refractivity contribution is 7.94. The van der Waals surface area contributed by atoms with E-state index < -0.39 is 31.4 Å². The van der Waals surface area contributed by atoms with Gasteiger partial charge < -0.3 is 4.74 Å². The van der Waals surface area contributed by atoms with Crippen LogP contribution < -0.4 is 13.8 Å². The van der Waals surface area contributed by atoms with Crippen LogP contribution in [0.5, 0.6) is 5.75 Å². The average Bonchev–Trinajstić information content (AvgIpc) is 2.81. The lowest BCUT2D eigenvalue weighted by Crippen LogP contribution is -2.33. The minimum atomic E-state index is -4.20. The van der Waals surface area contributed by atoms with Gasteiger partial charge in [-0.25, -0.2) is 21.1 Å². The van der Waals surface area contributed by atoms with Crippen LogP contribution in [0.3, 0.4) is 0 Å². The summed E-state index contributed by atoms with van der Waals surface area (Å²) in [7, 11) is -6.85. The van der Waals surface area contributed by atoms with Crippen molar-refractivity contribution >= 4 is 48.9 Å². The van der Waals surface area contributed by atoms with E-state index in [-0.39, 0.29) is 27.8 Å². The first-order valence-corrected chi connectivity index (χ1v) is 12.3. The van der Waals surface area contributed by atoms with Gasteiger partial charge in [0, 0.05) is 5.02 Å². The van der Waals surface area contributed by atoms with Crippen LogP contribution in [0.15, 0.2) is 41.3 Å². The molecule has 1 N–H and O–H groups in total. The van der Waals surface area contributed by atoms with E-state index in [0.717, 1.165) is 6.07 Å². The first kappa shape index (κ1) is 22.4. The molecule has 162 valence electrons. The number of hydrogen-bond donors (Lipinski definition) is 1. The SMILES string of the molecule is COc1ccc(N2C(=O)C(C)(C)CS2(=O)=O)cc1S(=O)(=O)Nc1cccc(Cl)c1C. The zero-order valence-electron chi connectivity index (χ0n) is 16.8. The number of nitrogens with one attached hydrogen (secondary N) is 1. The van der Waals surface area contributed by atoms with Gasteiger partial charge in [-0.05, 0) is 56.7 Å². The lowest BCUT2D eigenvalue weighted by atomic mass is 9.95. The summed E-state index contributed by atoms with van der Waals surface area (Å²) in [4.78, 5) is 12.4. The second-order valence-electron chi connectivity index (χ2n) is 7.56. The van der Waals surface area contributed by atoms with Crippen molar-refractivity contribution in [2.75, 3.05) is 21.9 Å². The molecule has 1 aliphatic rings. The monoisotopic (exact) mass is 472 g/mol. The fourth-order valence-electron chi connectivity index (χ4n) is 3.18. The Hall–Kier alpha value is -2.30. The topological polar surface area (TPSA) is 110 Å². The number of nitrogens with zero attached hydrogens (tertiary/aromatic N) is 1. The van der Waals surface area contributed by atoms with E-state index in [0.29, 0.717) is 14.9 Å². The number of anilines is 2. The number of rotatable bonds is 5. The average molecular weight is 473 g/mol. The van der Waals surface area contributed by atoms with Crippen molar-refractivity contribution < 1.29 is 26.4 Å². The van der Waals surface area contributed by atoms with Crippen molar-refractivity contribution in [3.8, 4) is 5.75 Å². The van der Waals surface area contributed by atoms with Gasteiger partial charge in [0.15, 0.2) is 0 Å². The summed E-state index contributed by atoms with van der Waals surface area (Å²) < 4.78 is 59.6. The summed E-state index contributed by atoms with van der Waals surface area (Å²) in [5, 5.41) is 0.381. The molecule has 1 aliphatic heterocycles. The molecule has 1 amide bonds. The number of methoxy groups -OCH3 is 1. The third kappa shape index (κ3) is 3.86. The van der Waals surface area contributed by atoms with Crippen LogP contribution in [-0.4, -0.2) is 35.6 Å². The summed E-state index contributed by atoms with van der Waals surface area (Å²) >= 11 is 6.06. The fraction of sp³-hybridized carbons (Fsp3) is 0.316. The number of sulfonamides is 2. The molecule has 0 radical (unpaired) electrons. The second kappa shape index (κ2) is 7.44. The van der Waals surface area contributed by atoms with Crippen molar-refractivity contribution in [1.82, 2.24) is 0 Å². The van der Waals surface area contributed by atoms with Gasteiger partial charge in [-0.1, -0.05) is 17.7 Å². The Labute approximate surface area is 180 Å². The standard InChI is InChI=1S/C19H21ClN2O6S2/c1-12-14(20)6-5-7-15(12)21-30(26,27)17-10-13(8-9-16(17)28-4)22-18(23)19(2,3)11-29(22,24)25/h5-10,21H,11H2,1-4H3. The largest absolute Gasteiger partial charge is 0.495 e. The molecule has 1 fully saturated rings. The zero-order chi connectivity index (χ0) is 22.5. The Bertz CT molecular complexity index is 1240. The Balaban J connectivity index is 2.12. The molecule has 11 heteroatoms. The van der Waals surface area contributed by atoms with Crippen molar-refractivity contribution in [2.24, 2.45) is 5.41 Å². The summed E-state index contributed by atoms with van der Waals surface area (Å²) in [6, 6.07) is 8.52. The highest BCUT2D eigenvalue weighted by Gasteiger charge is 2.50. The summed E-state index contributed by atoms with van der Waals surface area (Å²) in [6.45, 7) is 4.71. The smallest absolute Gasteiger partial charge is 0.265 e. The van der Waals surface area contributed by atoms with Crippen LogP contribution >= 0.6 is 11.6 Å². The molecule has 30 heavy (non-hydrogen) atoms. The molecular formula is C19H21ClN2O6S2. The minimum absolute atomic E-state index is 0.00534. The van der Waals surface area contributed by atoms with E-state index >= 15 is 0 Å². The molecule has 3 rings (SSSR count). The third-order valence-electron chi connectivity index (χ3n) is 4.77. The molecule has 0 aliphatic carbocycles. The van der Waals surface area contributed by atoms with E-state index in [2.05, 4.69) is 4.72 Å². The Morgan fingerprint density at radius 2 is 1.87 bits per heavy atom. The molecule has 0 aromatic heterocycles. The summed E-state index contributed by atoms with van der Waals surface area (Å²) in [5.74, 6) is -1.00. The molecule has 8 nitrogen and oxygen atoms in total. The molecule has 0 saturated carbocycles. The minimum Gasteiger partial charge on any atom is -0.495 e. The lowest BCUT2D eigenvalue weighted by Gasteiger charge is -2.20. The quantitative estimate of drug-likeness (QED) is 0.715. The van der Waals surface area contributed by atoms with Gasteiger partial charge in [0.25, 0.3) is 10.0 Å². The summed E-state index contributed by atoms with van der Waals surface area (Å²) in [5.41, 5.74) is -0.402. The zero-order valence-corrected chi connectivity index (χ0v) is 19.2. The van der Waals surface area contributed by atoms with Gasteiger partial charge in [-0.3, -0.25) is 9.52 Å². The molecule has 0 unspecified atom stereocenters. The van der Waals surface area contributed by atoms with Gasteiger partial charge >= 0.3 is 0 Å². The van der Waals surface area contributed by atoms with E-state index in [1.54, 1.807) is 25.1 Å². The maximum Gasteiger partial charge on any atom is 0.265 e. The highest BCUT2D eigenvalue weighted by Crippen LogP contribution is 2.38. The van der Waals surface area contributed by atoms with Crippen LogP contribution in [0.4, 0.5) is 11.4 Å². The van der Waals surface area contributed by atoms with Gasteiger partial charge in [0.1, 0.15) is 10.6 Å². The highest BCUT2D eigenvalue weighted by atomic mass is 35.5. The number of amides is 1. The predicted octanol–water partition coefficient (Wildman–Crippen LogP) is 3.16. The van der Waals surface area contributed by atoms with Crippen molar-refractivity contribution in [1.29, 1.82) is 0 Å². The van der Waals surface area contributed by atoms with Gasteiger partial charge in [0.2, 0.25) is 15.9 Å². The van der Waals surface area contributed by atoms with Crippen molar-refractivity contribution in [2.45, 2.75) is 25.7 Å². The second-order valence-corrected chi connectivity index (χ2v) is 11.4. The van der Waals surface area contributed by atoms with E-state index in [9.17, 15) is 21.6 Å². The molecular weight excluding hydrogens is 452 g/mol. The van der Waals surface area contributed by atoms with Crippen LogP contribution in [-0.2, 0) is 24.8 Å². The maximum absolute atomic E-state index is 13.1. The predicted molar refractivity (Wildman–Crippen MR) is 115 cm³/mol. The number of carbonyl (C=O) groups excluding carboxylic acids is 1. The molecule has 2 aromatic carbocycles. The third-order valence-corrected chi connectivity index (χ3v) is 8.58. The number of benzene rings is 2. The first-order chi connectivity index (χ1) is 13.8. The molecule has 0 spiro atoms. The van der Waals surface area contributed by atoms with Crippen molar-refractivity contribution in [3.05, 3.63) is 47.0 Å². The van der Waals surface area contributed by atoms with E-state index in [4.69, 9.17) is 16.3 Å². The molecule has 2 aromatic rings. The number of hydrogen-bond acceptors (Lipinski definition) is 6. The number of halogens is 1. The van der Waals surface area contributed by atoms with Gasteiger partial charge in [-0.2, -0.15) is 0 Å². The Morgan fingerprint density at radius 1 is 1.20 bits per heavy atom. The van der Waals surface area contributed by atoms with E-state index in [1.165, 1.54) is 33.1 Å². The normalized spacial score (nSPS) is 17.8. The number of carbonyl (C=O) groups is 1. The van der Waals surface area contributed by atoms with Crippen LogP contribution in [0.2, 0.25) is 5.02 Å². The molecule has 1 saturated heterocycles. The van der Waals surface area contributed by atoms with E-state index in [1.807, 2.05) is 0 Å². The van der Waals surface area contributed by atoms with Crippen LogP contribution in [0.1, 0.15) is 19.4 Å². The lowest BCUT2D eigenvalue weighted by molar-refractivity contribution is -0.123. The molecule has 0 bridgehead atoms. The fourth-order valence-corrected chi connectivity index (χ4v) is 6.77. The summed E-state index contributed by atoms with van der Waals surface area (Å²) in [6.07, 6.45) is 0. The molecule has 0 atom stereocenters. The van der Waals surface area contributed by atoms with Crippen molar-refractivity contribution in [3.63, 3.8) is 0 Å². The molecule has 1 heterocycles. The van der Waals surface area contributed by atoms with Crippen LogP contribution in [0.25, 0.3) is 0 Å².